The fraction of sp³-hybridized carbons (Fsp3) is 0.457. The van der Waals surface area contributed by atoms with Gasteiger partial charge in [-0.3, -0.25) is 9.69 Å². The second-order valence-electron chi connectivity index (χ2n) is 12.6. The van der Waals surface area contributed by atoms with Gasteiger partial charge in [-0.05, 0) is 99.3 Å². The molecule has 2 heterocycles. The highest BCUT2D eigenvalue weighted by Crippen LogP contribution is 2.40. The molecule has 6 nitrogen and oxygen atoms in total. The molecule has 1 unspecified atom stereocenters. The first-order valence-corrected chi connectivity index (χ1v) is 18.1. The lowest BCUT2D eigenvalue weighted by atomic mass is 9.73. The summed E-state index contributed by atoms with van der Waals surface area (Å²) < 4.78 is 29.3. The van der Waals surface area contributed by atoms with Crippen molar-refractivity contribution in [2.24, 2.45) is 0 Å². The predicted octanol–water partition coefficient (Wildman–Crippen LogP) is 7.20. The molecule has 1 saturated carbocycles. The molecule has 0 bridgehead atoms. The average molecular weight is 655 g/mol. The number of nitrogens with one attached hydrogen (secondary N) is 1. The van der Waals surface area contributed by atoms with Crippen molar-refractivity contribution >= 4 is 39.1 Å². The van der Waals surface area contributed by atoms with Crippen LogP contribution in [0.25, 0.3) is 0 Å². The number of piperidine rings is 1. The lowest BCUT2D eigenvalue weighted by molar-refractivity contribution is -0.123. The number of hydrogen-bond donors (Lipinski definition) is 1. The number of halogens is 2. The van der Waals surface area contributed by atoms with Crippen LogP contribution in [-0.2, 0) is 27.7 Å². The topological polar surface area (TPSA) is 69.7 Å². The van der Waals surface area contributed by atoms with E-state index in [9.17, 15) is 13.2 Å². The number of amides is 1. The standard InChI is InChI=1S/C35H41Cl2N3O3S/c36-31-14-13-29(23-32(31)37)44(42,43)40-22-17-27-11-5-6-12-30(27)33(40)24-34(41)38-28-15-18-35(19-16-28,39-20-7-2-8-21-39)25-26-9-3-1-4-10-26/h1,3-6,9-14,23,28,33H,2,7-8,15-22,24-25H2,(H,38,41). The Bertz CT molecular complexity index is 1570. The Balaban J connectivity index is 1.17. The molecule has 234 valence electrons. The number of fused-ring (bicyclic) bond motifs is 1. The van der Waals surface area contributed by atoms with E-state index in [2.05, 4.69) is 40.5 Å². The van der Waals surface area contributed by atoms with E-state index in [4.69, 9.17) is 23.2 Å². The first kappa shape index (κ1) is 31.6. The van der Waals surface area contributed by atoms with Crippen molar-refractivity contribution in [2.45, 2.75) is 86.7 Å². The third-order valence-corrected chi connectivity index (χ3v) is 12.6. The van der Waals surface area contributed by atoms with Crippen molar-refractivity contribution in [3.8, 4) is 0 Å². The number of rotatable bonds is 8. The highest BCUT2D eigenvalue weighted by atomic mass is 35.5. The van der Waals surface area contributed by atoms with Crippen LogP contribution in [0.4, 0.5) is 0 Å². The van der Waals surface area contributed by atoms with Crippen LogP contribution >= 0.6 is 23.2 Å². The van der Waals surface area contributed by atoms with E-state index in [1.807, 2.05) is 24.3 Å². The number of carbonyl (C=O) groups is 1. The van der Waals surface area contributed by atoms with Gasteiger partial charge in [-0.15, -0.1) is 0 Å². The quantitative estimate of drug-likeness (QED) is 0.279. The first-order valence-electron chi connectivity index (χ1n) is 15.9. The summed E-state index contributed by atoms with van der Waals surface area (Å²) in [5, 5.41) is 3.79. The highest BCUT2D eigenvalue weighted by Gasteiger charge is 2.42. The summed E-state index contributed by atoms with van der Waals surface area (Å²) >= 11 is 12.3. The van der Waals surface area contributed by atoms with Gasteiger partial charge in [0.05, 0.1) is 21.0 Å². The van der Waals surface area contributed by atoms with Crippen LogP contribution < -0.4 is 5.32 Å². The van der Waals surface area contributed by atoms with Crippen LogP contribution in [0.15, 0.2) is 77.7 Å². The summed E-state index contributed by atoms with van der Waals surface area (Å²) in [5.41, 5.74) is 3.46. The zero-order valence-electron chi connectivity index (χ0n) is 25.1. The van der Waals surface area contributed by atoms with Crippen LogP contribution in [0.3, 0.4) is 0 Å². The summed E-state index contributed by atoms with van der Waals surface area (Å²) in [7, 11) is -3.92. The number of nitrogens with zero attached hydrogens (tertiary/aromatic N) is 2. The fourth-order valence-electron chi connectivity index (χ4n) is 7.61. The van der Waals surface area contributed by atoms with Gasteiger partial charge in [-0.1, -0.05) is 84.2 Å². The third-order valence-electron chi connectivity index (χ3n) is 9.92. The highest BCUT2D eigenvalue weighted by molar-refractivity contribution is 7.89. The summed E-state index contributed by atoms with van der Waals surface area (Å²) in [6.45, 7) is 2.58. The molecule has 2 fully saturated rings. The smallest absolute Gasteiger partial charge is 0.243 e. The predicted molar refractivity (Wildman–Crippen MR) is 177 cm³/mol. The second kappa shape index (κ2) is 13.5. The minimum absolute atomic E-state index is 0.0648. The Morgan fingerprint density at radius 2 is 1.57 bits per heavy atom. The Labute approximate surface area is 271 Å². The van der Waals surface area contributed by atoms with Gasteiger partial charge in [0.15, 0.2) is 0 Å². The molecule has 3 aromatic rings. The van der Waals surface area contributed by atoms with E-state index in [-0.39, 0.29) is 33.8 Å². The zero-order chi connectivity index (χ0) is 30.7. The van der Waals surface area contributed by atoms with Crippen molar-refractivity contribution in [3.05, 3.63) is 99.5 Å². The number of carbonyl (C=O) groups excluding carboxylic acids is 1. The molecule has 0 aromatic heterocycles. The molecule has 3 aromatic carbocycles. The lowest BCUT2D eigenvalue weighted by Crippen LogP contribution is -2.56. The summed E-state index contributed by atoms with van der Waals surface area (Å²) in [6, 6.07) is 22.5. The van der Waals surface area contributed by atoms with Gasteiger partial charge in [0.25, 0.3) is 0 Å². The van der Waals surface area contributed by atoms with Gasteiger partial charge in [0.1, 0.15) is 0 Å². The maximum Gasteiger partial charge on any atom is 0.243 e. The number of sulfonamides is 1. The molecular formula is C35H41Cl2N3O3S. The van der Waals surface area contributed by atoms with Crippen molar-refractivity contribution in [1.29, 1.82) is 0 Å². The Morgan fingerprint density at radius 1 is 0.864 bits per heavy atom. The van der Waals surface area contributed by atoms with Crippen molar-refractivity contribution in [3.63, 3.8) is 0 Å². The maximum atomic E-state index is 13.9. The minimum atomic E-state index is -3.92. The van der Waals surface area contributed by atoms with Crippen molar-refractivity contribution in [2.75, 3.05) is 19.6 Å². The molecule has 1 atom stereocenters. The largest absolute Gasteiger partial charge is 0.353 e. The normalized spacial score (nSPS) is 24.9. The fourth-order valence-corrected chi connectivity index (χ4v) is 9.61. The van der Waals surface area contributed by atoms with Crippen molar-refractivity contribution < 1.29 is 13.2 Å². The van der Waals surface area contributed by atoms with Gasteiger partial charge in [0.2, 0.25) is 15.9 Å². The van der Waals surface area contributed by atoms with Gasteiger partial charge >= 0.3 is 0 Å². The Kier molecular flexibility index (Phi) is 9.69. The van der Waals surface area contributed by atoms with E-state index in [0.717, 1.165) is 56.3 Å². The molecule has 3 aliphatic rings. The minimum Gasteiger partial charge on any atom is -0.353 e. The molecule has 1 saturated heterocycles. The van der Waals surface area contributed by atoms with Gasteiger partial charge in [-0.25, -0.2) is 8.42 Å². The van der Waals surface area contributed by atoms with Crippen LogP contribution in [0, 0.1) is 0 Å². The number of benzene rings is 3. The summed E-state index contributed by atoms with van der Waals surface area (Å²) in [4.78, 5) is 16.5. The van der Waals surface area contributed by atoms with E-state index in [1.54, 1.807) is 0 Å². The van der Waals surface area contributed by atoms with Gasteiger partial charge in [0, 0.05) is 24.5 Å². The molecule has 1 amide bonds. The Hall–Kier alpha value is -2.42. The van der Waals surface area contributed by atoms with E-state index < -0.39 is 16.1 Å². The molecular weight excluding hydrogens is 613 g/mol. The van der Waals surface area contributed by atoms with Gasteiger partial charge < -0.3 is 5.32 Å². The van der Waals surface area contributed by atoms with Crippen LogP contribution in [-0.4, -0.2) is 54.7 Å². The molecule has 6 rings (SSSR count). The molecule has 0 spiro atoms. The second-order valence-corrected chi connectivity index (χ2v) is 15.3. The molecule has 9 heteroatoms. The first-order chi connectivity index (χ1) is 21.2. The lowest BCUT2D eigenvalue weighted by Gasteiger charge is -2.50. The molecule has 1 N–H and O–H groups in total. The zero-order valence-corrected chi connectivity index (χ0v) is 27.4. The number of likely N-dealkylation sites (tertiary alicyclic amines) is 1. The molecule has 2 aliphatic heterocycles. The van der Waals surface area contributed by atoms with E-state index in [1.165, 1.54) is 47.3 Å². The monoisotopic (exact) mass is 653 g/mol. The van der Waals surface area contributed by atoms with E-state index in [0.29, 0.717) is 18.0 Å². The van der Waals surface area contributed by atoms with Gasteiger partial charge in [-0.2, -0.15) is 4.31 Å². The number of hydrogen-bond acceptors (Lipinski definition) is 4. The third kappa shape index (κ3) is 6.73. The van der Waals surface area contributed by atoms with Crippen LogP contribution in [0.2, 0.25) is 10.0 Å². The summed E-state index contributed by atoms with van der Waals surface area (Å²) in [6.07, 6.45) is 9.40. The molecule has 1 aliphatic carbocycles. The summed E-state index contributed by atoms with van der Waals surface area (Å²) in [5.74, 6) is -0.112. The average Bonchev–Trinajstić information content (AvgIpc) is 3.04. The molecule has 0 radical (unpaired) electrons. The van der Waals surface area contributed by atoms with E-state index >= 15 is 0 Å². The molecule has 44 heavy (non-hydrogen) atoms. The van der Waals surface area contributed by atoms with Crippen LogP contribution in [0.5, 0.6) is 0 Å². The van der Waals surface area contributed by atoms with Crippen LogP contribution in [0.1, 0.15) is 74.1 Å². The Morgan fingerprint density at radius 3 is 2.30 bits per heavy atom. The SMILES string of the molecule is O=C(CC1c2ccccc2CCN1S(=O)(=O)c1ccc(Cl)c(Cl)c1)NC1CCC(Cc2ccccc2)(N2CCCCC2)CC1. The van der Waals surface area contributed by atoms with Crippen molar-refractivity contribution in [1.82, 2.24) is 14.5 Å². The maximum absolute atomic E-state index is 13.9.